The van der Waals surface area contributed by atoms with Crippen molar-refractivity contribution in [1.82, 2.24) is 24.4 Å². The van der Waals surface area contributed by atoms with Crippen LogP contribution in [0, 0.1) is 0 Å². The van der Waals surface area contributed by atoms with E-state index < -0.39 is 0 Å². The summed E-state index contributed by atoms with van der Waals surface area (Å²) in [6, 6.07) is 16.7. The molecule has 0 spiro atoms. The second kappa shape index (κ2) is 8.65. The van der Waals surface area contributed by atoms with Crippen molar-refractivity contribution in [3.63, 3.8) is 0 Å². The number of aromatic nitrogens is 4. The molecule has 2 aromatic heterocycles. The van der Waals surface area contributed by atoms with Crippen LogP contribution in [0.4, 0.5) is 5.82 Å². The molecule has 3 heterocycles. The number of rotatable bonds is 5. The molecule has 2 aromatic carbocycles. The van der Waals surface area contributed by atoms with Gasteiger partial charge in [-0.15, -0.1) is 0 Å². The quantitative estimate of drug-likeness (QED) is 0.467. The Morgan fingerprint density at radius 2 is 1.81 bits per heavy atom. The summed E-state index contributed by atoms with van der Waals surface area (Å²) >= 11 is 6.27. The maximum atomic E-state index is 6.27. The number of fused-ring (bicyclic) bond motifs is 1. The third-order valence-corrected chi connectivity index (χ3v) is 6.27. The molecule has 5 rings (SSSR count). The number of benzene rings is 2. The minimum Gasteiger partial charge on any atom is -0.353 e. The maximum absolute atomic E-state index is 6.27. The lowest BCUT2D eigenvalue weighted by molar-refractivity contribution is 0.188. The molecule has 6 nitrogen and oxygen atoms in total. The lowest BCUT2D eigenvalue weighted by Gasteiger charge is -2.38. The van der Waals surface area contributed by atoms with Crippen molar-refractivity contribution < 1.29 is 0 Å². The van der Waals surface area contributed by atoms with E-state index in [2.05, 4.69) is 67.7 Å². The average molecular weight is 433 g/mol. The predicted molar refractivity (Wildman–Crippen MR) is 125 cm³/mol. The molecule has 0 radical (unpaired) electrons. The van der Waals surface area contributed by atoms with Gasteiger partial charge in [-0.25, -0.2) is 9.97 Å². The van der Waals surface area contributed by atoms with Crippen LogP contribution in [0.3, 0.4) is 0 Å². The predicted octanol–water partition coefficient (Wildman–Crippen LogP) is 4.41. The van der Waals surface area contributed by atoms with Gasteiger partial charge in [-0.1, -0.05) is 41.9 Å². The molecule has 31 heavy (non-hydrogen) atoms. The van der Waals surface area contributed by atoms with E-state index in [9.17, 15) is 0 Å². The van der Waals surface area contributed by atoms with Crippen LogP contribution < -0.4 is 4.90 Å². The molecule has 1 fully saturated rings. The highest BCUT2D eigenvalue weighted by Crippen LogP contribution is 2.28. The highest BCUT2D eigenvalue weighted by atomic mass is 35.5. The standard InChI is InChI=1S/C24H25ClN6/c1-18(29-11-13-30(14-12-29)23-16-26-9-10-27-23)24-28-21-15-20(25)7-8-22(21)31(24)17-19-5-3-2-4-6-19/h2-10,15-16,18H,11-14,17H2,1H3. The zero-order valence-electron chi connectivity index (χ0n) is 17.5. The van der Waals surface area contributed by atoms with Gasteiger partial charge >= 0.3 is 0 Å². The van der Waals surface area contributed by atoms with Crippen molar-refractivity contribution in [3.8, 4) is 0 Å². The maximum Gasteiger partial charge on any atom is 0.147 e. The summed E-state index contributed by atoms with van der Waals surface area (Å²) < 4.78 is 2.33. The van der Waals surface area contributed by atoms with Crippen molar-refractivity contribution in [2.45, 2.75) is 19.5 Å². The average Bonchev–Trinajstić information content (AvgIpc) is 3.17. The summed E-state index contributed by atoms with van der Waals surface area (Å²) in [5.74, 6) is 2.02. The van der Waals surface area contributed by atoms with E-state index in [1.165, 1.54) is 5.56 Å². The second-order valence-corrected chi connectivity index (χ2v) is 8.37. The Kier molecular flexibility index (Phi) is 5.57. The van der Waals surface area contributed by atoms with Gasteiger partial charge < -0.3 is 9.47 Å². The smallest absolute Gasteiger partial charge is 0.147 e. The van der Waals surface area contributed by atoms with E-state index in [0.717, 1.165) is 55.4 Å². The highest BCUT2D eigenvalue weighted by molar-refractivity contribution is 6.31. The molecule has 0 bridgehead atoms. The van der Waals surface area contributed by atoms with E-state index >= 15 is 0 Å². The summed E-state index contributed by atoms with van der Waals surface area (Å²) in [7, 11) is 0. The van der Waals surface area contributed by atoms with Crippen LogP contribution in [0.5, 0.6) is 0 Å². The molecular formula is C24H25ClN6. The molecule has 0 saturated carbocycles. The first-order valence-electron chi connectivity index (χ1n) is 10.6. The first kappa shape index (κ1) is 20.0. The number of hydrogen-bond acceptors (Lipinski definition) is 5. The number of nitrogens with zero attached hydrogens (tertiary/aromatic N) is 6. The lowest BCUT2D eigenvalue weighted by atomic mass is 10.2. The van der Waals surface area contributed by atoms with Gasteiger partial charge in [-0.3, -0.25) is 9.88 Å². The molecular weight excluding hydrogens is 408 g/mol. The van der Waals surface area contributed by atoms with Crippen molar-refractivity contribution >= 4 is 28.5 Å². The third kappa shape index (κ3) is 4.13. The number of anilines is 1. The fraction of sp³-hybridized carbons (Fsp3) is 0.292. The molecule has 4 aromatic rings. The number of piperazine rings is 1. The van der Waals surface area contributed by atoms with Gasteiger partial charge in [0.05, 0.1) is 23.3 Å². The van der Waals surface area contributed by atoms with Gasteiger partial charge in [0, 0.05) is 50.1 Å². The van der Waals surface area contributed by atoms with Crippen molar-refractivity contribution in [2.75, 3.05) is 31.1 Å². The van der Waals surface area contributed by atoms with Crippen LogP contribution in [0.1, 0.15) is 24.4 Å². The molecule has 1 unspecified atom stereocenters. The Hall–Kier alpha value is -2.96. The molecule has 1 aliphatic rings. The van der Waals surface area contributed by atoms with Crippen LogP contribution in [0.25, 0.3) is 11.0 Å². The Morgan fingerprint density at radius 1 is 1.00 bits per heavy atom. The van der Waals surface area contributed by atoms with Crippen molar-refractivity contribution in [2.24, 2.45) is 0 Å². The van der Waals surface area contributed by atoms with Crippen LogP contribution in [0.2, 0.25) is 5.02 Å². The second-order valence-electron chi connectivity index (χ2n) is 7.94. The summed E-state index contributed by atoms with van der Waals surface area (Å²) in [5, 5.41) is 0.716. The van der Waals surface area contributed by atoms with E-state index in [-0.39, 0.29) is 6.04 Å². The zero-order chi connectivity index (χ0) is 21.2. The van der Waals surface area contributed by atoms with Gasteiger partial charge in [0.2, 0.25) is 0 Å². The van der Waals surface area contributed by atoms with Crippen molar-refractivity contribution in [1.29, 1.82) is 0 Å². The summed E-state index contributed by atoms with van der Waals surface area (Å²) in [6.45, 7) is 6.79. The van der Waals surface area contributed by atoms with E-state index in [1.807, 2.05) is 18.3 Å². The fourth-order valence-electron chi connectivity index (χ4n) is 4.33. The number of imidazole rings is 1. The Labute approximate surface area is 187 Å². The first-order chi connectivity index (χ1) is 15.2. The van der Waals surface area contributed by atoms with Gasteiger partial charge in [0.25, 0.3) is 0 Å². The van der Waals surface area contributed by atoms with E-state index in [1.54, 1.807) is 12.4 Å². The van der Waals surface area contributed by atoms with E-state index in [4.69, 9.17) is 16.6 Å². The highest BCUT2D eigenvalue weighted by Gasteiger charge is 2.26. The van der Waals surface area contributed by atoms with Crippen LogP contribution in [-0.4, -0.2) is 50.6 Å². The first-order valence-corrected chi connectivity index (χ1v) is 11.0. The summed E-state index contributed by atoms with van der Waals surface area (Å²) in [6.07, 6.45) is 5.30. The van der Waals surface area contributed by atoms with Gasteiger partial charge in [-0.2, -0.15) is 0 Å². The number of halogens is 1. The Bertz CT molecular complexity index is 1150. The van der Waals surface area contributed by atoms with Crippen LogP contribution in [0.15, 0.2) is 67.1 Å². The Morgan fingerprint density at radius 3 is 2.55 bits per heavy atom. The molecule has 1 saturated heterocycles. The van der Waals surface area contributed by atoms with Gasteiger partial charge in [-0.05, 0) is 30.7 Å². The topological polar surface area (TPSA) is 50.1 Å². The molecule has 1 aliphatic heterocycles. The van der Waals surface area contributed by atoms with Crippen molar-refractivity contribution in [3.05, 3.63) is 83.5 Å². The minimum atomic E-state index is 0.193. The molecule has 7 heteroatoms. The third-order valence-electron chi connectivity index (χ3n) is 6.03. The summed E-state index contributed by atoms with van der Waals surface area (Å²) in [5.41, 5.74) is 3.33. The Balaban J connectivity index is 1.42. The fourth-order valence-corrected chi connectivity index (χ4v) is 4.50. The van der Waals surface area contributed by atoms with Gasteiger partial charge in [0.15, 0.2) is 0 Å². The lowest BCUT2D eigenvalue weighted by Crippen LogP contribution is -2.47. The van der Waals surface area contributed by atoms with Crippen LogP contribution in [-0.2, 0) is 6.54 Å². The molecule has 1 atom stereocenters. The zero-order valence-corrected chi connectivity index (χ0v) is 18.3. The molecule has 158 valence electrons. The van der Waals surface area contributed by atoms with Gasteiger partial charge in [0.1, 0.15) is 11.6 Å². The SMILES string of the molecule is CC(c1nc2cc(Cl)ccc2n1Cc1ccccc1)N1CCN(c2cnccn2)CC1. The largest absolute Gasteiger partial charge is 0.353 e. The molecule has 0 aliphatic carbocycles. The number of hydrogen-bond donors (Lipinski definition) is 0. The molecule has 0 amide bonds. The normalized spacial score (nSPS) is 16.0. The minimum absolute atomic E-state index is 0.193. The monoisotopic (exact) mass is 432 g/mol. The van der Waals surface area contributed by atoms with E-state index in [0.29, 0.717) is 5.02 Å². The van der Waals surface area contributed by atoms with Crippen LogP contribution >= 0.6 is 11.6 Å². The summed E-state index contributed by atoms with van der Waals surface area (Å²) in [4.78, 5) is 18.5. The molecule has 0 N–H and O–H groups in total.